The summed E-state index contributed by atoms with van der Waals surface area (Å²) in [5, 5.41) is 15.0. The average Bonchev–Trinajstić information content (AvgIpc) is 3.09. The Morgan fingerprint density at radius 2 is 2.00 bits per heavy atom. The minimum atomic E-state index is 0.336. The van der Waals surface area contributed by atoms with E-state index in [1.165, 1.54) is 0 Å². The molecule has 0 fully saturated rings. The van der Waals surface area contributed by atoms with E-state index < -0.39 is 0 Å². The highest BCUT2D eigenvalue weighted by Gasteiger charge is 2.15. The fraction of sp³-hybridized carbons (Fsp3) is 0.192. The first-order valence-corrected chi connectivity index (χ1v) is 11.1. The number of hydrogen-bond donors (Lipinski definition) is 4. The van der Waals surface area contributed by atoms with Crippen molar-refractivity contribution in [3.63, 3.8) is 0 Å². The van der Waals surface area contributed by atoms with Crippen LogP contribution in [0.4, 0.5) is 5.69 Å². The SMILES string of the molecule is C[n+]1ccn(CCCNC2=CCC=C(N=C3C=C(Nc4ccccc4)C(=N)C=C3N)C=C2)c1. The molecule has 0 radical (unpaired) electrons. The van der Waals surface area contributed by atoms with E-state index in [9.17, 15) is 0 Å². The molecule has 0 saturated heterocycles. The maximum Gasteiger partial charge on any atom is 0.243 e. The third-order valence-corrected chi connectivity index (χ3v) is 5.31. The highest BCUT2D eigenvalue weighted by atomic mass is 15.1. The third-order valence-electron chi connectivity index (χ3n) is 5.31. The van der Waals surface area contributed by atoms with E-state index in [1.807, 2.05) is 60.3 Å². The summed E-state index contributed by atoms with van der Waals surface area (Å²) in [7, 11) is 2.03. The van der Waals surface area contributed by atoms with E-state index in [1.54, 1.807) is 6.08 Å². The largest absolute Gasteiger partial charge is 0.397 e. The summed E-state index contributed by atoms with van der Waals surface area (Å²) >= 11 is 0. The number of nitrogens with one attached hydrogen (secondary N) is 3. The van der Waals surface area contributed by atoms with E-state index in [2.05, 4.69) is 46.0 Å². The Morgan fingerprint density at radius 1 is 1.15 bits per heavy atom. The molecule has 4 rings (SSSR count). The lowest BCUT2D eigenvalue weighted by molar-refractivity contribution is -0.671. The summed E-state index contributed by atoms with van der Waals surface area (Å²) in [6, 6.07) is 9.79. The van der Waals surface area contributed by atoms with Crippen molar-refractivity contribution in [2.45, 2.75) is 19.4 Å². The van der Waals surface area contributed by atoms with Gasteiger partial charge in [-0.1, -0.05) is 30.4 Å². The van der Waals surface area contributed by atoms with Crippen LogP contribution in [0.15, 0.2) is 113 Å². The van der Waals surface area contributed by atoms with Crippen LogP contribution < -0.4 is 20.9 Å². The number of nitrogens with two attached hydrogens (primary N) is 1. The number of benzene rings is 1. The summed E-state index contributed by atoms with van der Waals surface area (Å²) in [5.41, 5.74) is 11.2. The Labute approximate surface area is 194 Å². The fourth-order valence-electron chi connectivity index (χ4n) is 3.58. The first-order chi connectivity index (χ1) is 16.1. The Bertz CT molecular complexity index is 1190. The van der Waals surface area contributed by atoms with Gasteiger partial charge in [-0.25, -0.2) is 14.1 Å². The number of allylic oxidation sites excluding steroid dienone is 6. The van der Waals surface area contributed by atoms with Crippen LogP contribution in [0.5, 0.6) is 0 Å². The summed E-state index contributed by atoms with van der Waals surface area (Å²) < 4.78 is 4.23. The van der Waals surface area contributed by atoms with Gasteiger partial charge in [0, 0.05) is 24.4 Å². The lowest BCUT2D eigenvalue weighted by Crippen LogP contribution is -2.24. The Kier molecular flexibility index (Phi) is 6.99. The van der Waals surface area contributed by atoms with Crippen molar-refractivity contribution in [2.75, 3.05) is 11.9 Å². The molecule has 1 aromatic carbocycles. The number of aromatic nitrogens is 2. The van der Waals surface area contributed by atoms with Crippen molar-refractivity contribution in [2.24, 2.45) is 17.8 Å². The molecule has 0 amide bonds. The molecule has 2 aromatic rings. The number of hydrogen-bond acceptors (Lipinski definition) is 5. The molecule has 1 heterocycles. The van der Waals surface area contributed by atoms with Gasteiger partial charge < -0.3 is 16.4 Å². The topological polar surface area (TPSA) is 95.1 Å². The van der Waals surface area contributed by atoms with Gasteiger partial charge in [0.05, 0.1) is 42.1 Å². The number of para-hydroxylation sites is 1. The maximum atomic E-state index is 8.24. The van der Waals surface area contributed by atoms with Crippen molar-refractivity contribution in [3.05, 3.63) is 108 Å². The quantitative estimate of drug-likeness (QED) is 0.288. The molecule has 2 aliphatic rings. The normalized spacial score (nSPS) is 17.1. The van der Waals surface area contributed by atoms with Crippen LogP contribution in [0.3, 0.4) is 0 Å². The second kappa shape index (κ2) is 10.5. The smallest absolute Gasteiger partial charge is 0.243 e. The lowest BCUT2D eigenvalue weighted by atomic mass is 10.0. The molecule has 0 aliphatic heterocycles. The zero-order valence-electron chi connectivity index (χ0n) is 18.8. The van der Waals surface area contributed by atoms with Gasteiger partial charge >= 0.3 is 0 Å². The standard InChI is InChI=1S/C26H30N7/c1-32-15-16-33(19-32)14-6-13-29-20-9-5-10-22(12-11-20)31-26-18-25(23(27)17-24(26)28)30-21-7-3-2-4-8-21/h2-4,7-12,15-19,27,29-30H,5-6,13-14,28H2,1H3/q+1. The highest BCUT2D eigenvalue weighted by Crippen LogP contribution is 2.17. The van der Waals surface area contributed by atoms with Gasteiger partial charge in [0.2, 0.25) is 6.33 Å². The van der Waals surface area contributed by atoms with Gasteiger partial charge in [0.25, 0.3) is 0 Å². The highest BCUT2D eigenvalue weighted by molar-refractivity contribution is 6.23. The Morgan fingerprint density at radius 3 is 2.79 bits per heavy atom. The second-order valence-corrected chi connectivity index (χ2v) is 8.01. The van der Waals surface area contributed by atoms with Crippen LogP contribution in [-0.4, -0.2) is 22.5 Å². The number of nitrogens with zero attached hydrogens (tertiary/aromatic N) is 3. The van der Waals surface area contributed by atoms with Gasteiger partial charge in [-0.05, 0) is 42.9 Å². The summed E-state index contributed by atoms with van der Waals surface area (Å²) in [6.07, 6.45) is 19.8. The summed E-state index contributed by atoms with van der Waals surface area (Å²) in [6.45, 7) is 1.88. The van der Waals surface area contributed by atoms with Crippen molar-refractivity contribution < 1.29 is 4.57 Å². The molecule has 1 aromatic heterocycles. The third kappa shape index (κ3) is 6.20. The maximum absolute atomic E-state index is 8.24. The molecular weight excluding hydrogens is 410 g/mol. The van der Waals surface area contributed by atoms with Crippen LogP contribution >= 0.6 is 0 Å². The van der Waals surface area contributed by atoms with Crippen LogP contribution in [-0.2, 0) is 13.6 Å². The van der Waals surface area contributed by atoms with E-state index in [0.29, 0.717) is 22.8 Å². The number of aliphatic imine (C=N–C) groups is 1. The first-order valence-electron chi connectivity index (χ1n) is 11.1. The van der Waals surface area contributed by atoms with Crippen LogP contribution in [0.2, 0.25) is 0 Å². The predicted molar refractivity (Wildman–Crippen MR) is 134 cm³/mol. The van der Waals surface area contributed by atoms with E-state index in [-0.39, 0.29) is 0 Å². The Hall–Kier alpha value is -4.13. The van der Waals surface area contributed by atoms with E-state index >= 15 is 0 Å². The molecule has 7 heteroatoms. The van der Waals surface area contributed by atoms with Gasteiger partial charge in [-0.3, -0.25) is 5.41 Å². The van der Waals surface area contributed by atoms with Gasteiger partial charge in [0.1, 0.15) is 12.4 Å². The minimum absolute atomic E-state index is 0.336. The monoisotopic (exact) mass is 440 g/mol. The first kappa shape index (κ1) is 22.1. The van der Waals surface area contributed by atoms with Gasteiger partial charge in [-0.15, -0.1) is 0 Å². The molecule has 2 aliphatic carbocycles. The van der Waals surface area contributed by atoms with Gasteiger partial charge in [0.15, 0.2) is 0 Å². The van der Waals surface area contributed by atoms with Crippen LogP contribution in [0.25, 0.3) is 0 Å². The molecule has 33 heavy (non-hydrogen) atoms. The zero-order valence-corrected chi connectivity index (χ0v) is 18.8. The van der Waals surface area contributed by atoms with E-state index in [4.69, 9.17) is 16.1 Å². The fourth-order valence-corrected chi connectivity index (χ4v) is 3.58. The molecule has 0 atom stereocenters. The number of aryl methyl sites for hydroxylation is 2. The molecule has 0 bridgehead atoms. The molecule has 0 saturated carbocycles. The average molecular weight is 441 g/mol. The minimum Gasteiger partial charge on any atom is -0.397 e. The van der Waals surface area contributed by atoms with Crippen molar-refractivity contribution in [3.8, 4) is 0 Å². The van der Waals surface area contributed by atoms with Crippen molar-refractivity contribution in [1.29, 1.82) is 5.41 Å². The number of imidazole rings is 1. The lowest BCUT2D eigenvalue weighted by Gasteiger charge is -2.16. The second-order valence-electron chi connectivity index (χ2n) is 8.01. The zero-order chi connectivity index (χ0) is 23.0. The summed E-state index contributed by atoms with van der Waals surface area (Å²) in [5.74, 6) is 0. The van der Waals surface area contributed by atoms with Gasteiger partial charge in [-0.2, -0.15) is 0 Å². The van der Waals surface area contributed by atoms with Crippen molar-refractivity contribution >= 4 is 17.1 Å². The number of rotatable bonds is 8. The van der Waals surface area contributed by atoms with Crippen LogP contribution in [0.1, 0.15) is 12.8 Å². The molecule has 7 nitrogen and oxygen atoms in total. The molecule has 0 spiro atoms. The molecule has 168 valence electrons. The summed E-state index contributed by atoms with van der Waals surface area (Å²) in [4.78, 5) is 4.75. The van der Waals surface area contributed by atoms with E-state index in [0.717, 1.165) is 43.0 Å². The molecule has 5 N–H and O–H groups in total. The van der Waals surface area contributed by atoms with Crippen molar-refractivity contribution in [1.82, 2.24) is 9.88 Å². The van der Waals surface area contributed by atoms with Crippen LogP contribution in [0, 0.1) is 5.41 Å². The molecular formula is C26H30N7+. The molecule has 0 unspecified atom stereocenters. The Balaban J connectivity index is 1.36. The number of anilines is 1. The predicted octanol–water partition coefficient (Wildman–Crippen LogP) is 3.33.